The summed E-state index contributed by atoms with van der Waals surface area (Å²) in [5.41, 5.74) is 4.11. The highest BCUT2D eigenvalue weighted by Crippen LogP contribution is 2.24. The topological polar surface area (TPSA) is 34.4 Å². The zero-order valence-corrected chi connectivity index (χ0v) is 15.0. The molecule has 5 heteroatoms. The number of nitrogens with zero attached hydrogens (tertiary/aromatic N) is 2. The van der Waals surface area contributed by atoms with Crippen LogP contribution in [0.5, 0.6) is 0 Å². The lowest BCUT2D eigenvalue weighted by molar-refractivity contribution is 0.0997. The van der Waals surface area contributed by atoms with Gasteiger partial charge in [0.1, 0.15) is 0 Å². The molecule has 0 aliphatic rings. The Morgan fingerprint density at radius 1 is 1.14 bits per heavy atom. The van der Waals surface area contributed by atoms with Crippen molar-refractivity contribution in [2.45, 2.75) is 13.8 Å². The number of benzene rings is 2. The molecule has 3 nitrogen and oxygen atoms in total. The third-order valence-electron chi connectivity index (χ3n) is 3.65. The molecule has 1 heterocycles. The average molecular weight is 375 g/mol. The van der Waals surface area contributed by atoms with Crippen molar-refractivity contribution in [3.8, 4) is 0 Å². The van der Waals surface area contributed by atoms with E-state index in [9.17, 15) is 4.79 Å². The average Bonchev–Trinajstić information content (AvgIpc) is 2.82. The lowest BCUT2D eigenvalue weighted by atomic mass is 10.1. The molecule has 0 aliphatic heterocycles. The summed E-state index contributed by atoms with van der Waals surface area (Å²) >= 11 is 4.96. The second kappa shape index (κ2) is 5.82. The number of aromatic nitrogens is 1. The van der Waals surface area contributed by atoms with Gasteiger partial charge in [-0.05, 0) is 53.0 Å². The van der Waals surface area contributed by atoms with Crippen LogP contribution in [0.2, 0.25) is 0 Å². The van der Waals surface area contributed by atoms with Gasteiger partial charge in [0, 0.05) is 11.5 Å². The van der Waals surface area contributed by atoms with Crippen molar-refractivity contribution in [2.24, 2.45) is 12.0 Å². The quantitative estimate of drug-likeness (QED) is 0.622. The van der Waals surface area contributed by atoms with Crippen LogP contribution in [0.25, 0.3) is 10.2 Å². The number of aryl methyl sites for hydroxylation is 3. The molecule has 0 saturated carbocycles. The molecule has 0 saturated heterocycles. The maximum Gasteiger partial charge on any atom is 0.280 e. The molecule has 0 aliphatic carbocycles. The lowest BCUT2D eigenvalue weighted by Gasteiger charge is -2.02. The Labute approximate surface area is 141 Å². The zero-order chi connectivity index (χ0) is 15.9. The Bertz CT molecular complexity index is 953. The highest BCUT2D eigenvalue weighted by molar-refractivity contribution is 9.10. The molecule has 0 radical (unpaired) electrons. The molecular formula is C17H15BrN2OS. The Morgan fingerprint density at radius 3 is 2.50 bits per heavy atom. The van der Waals surface area contributed by atoms with Gasteiger partial charge in [-0.1, -0.05) is 35.6 Å². The van der Waals surface area contributed by atoms with Crippen molar-refractivity contribution in [3.05, 3.63) is 62.4 Å². The van der Waals surface area contributed by atoms with Crippen LogP contribution in [0, 0.1) is 13.8 Å². The number of amides is 1. The summed E-state index contributed by atoms with van der Waals surface area (Å²) in [5.74, 6) is -0.232. The number of hydrogen-bond acceptors (Lipinski definition) is 2. The SMILES string of the molecule is Cc1ccc(C)c2c1sc(=NC(=O)c1ccccc1Br)n2C. The van der Waals surface area contributed by atoms with Crippen LogP contribution in [0.3, 0.4) is 0 Å². The van der Waals surface area contributed by atoms with Crippen LogP contribution in [-0.2, 0) is 7.05 Å². The number of fused-ring (bicyclic) bond motifs is 1. The fraction of sp³-hybridized carbons (Fsp3) is 0.176. The monoisotopic (exact) mass is 374 g/mol. The Morgan fingerprint density at radius 2 is 1.82 bits per heavy atom. The van der Waals surface area contributed by atoms with Crippen LogP contribution in [0.1, 0.15) is 21.5 Å². The van der Waals surface area contributed by atoms with Gasteiger partial charge in [-0.3, -0.25) is 4.79 Å². The molecule has 22 heavy (non-hydrogen) atoms. The maximum atomic E-state index is 12.4. The van der Waals surface area contributed by atoms with Crippen LogP contribution in [0.4, 0.5) is 0 Å². The molecule has 0 bridgehead atoms. The lowest BCUT2D eigenvalue weighted by Crippen LogP contribution is -2.13. The summed E-state index contributed by atoms with van der Waals surface area (Å²) < 4.78 is 3.94. The van der Waals surface area contributed by atoms with Crippen molar-refractivity contribution < 1.29 is 4.79 Å². The normalized spacial score (nSPS) is 12.1. The maximum absolute atomic E-state index is 12.4. The van der Waals surface area contributed by atoms with Gasteiger partial charge in [-0.2, -0.15) is 4.99 Å². The van der Waals surface area contributed by atoms with Gasteiger partial charge in [-0.15, -0.1) is 0 Å². The van der Waals surface area contributed by atoms with E-state index in [4.69, 9.17) is 0 Å². The third-order valence-corrected chi connectivity index (χ3v) is 5.61. The van der Waals surface area contributed by atoms with Gasteiger partial charge in [0.2, 0.25) is 0 Å². The standard InChI is InChI=1S/C17H15BrN2OS/c1-10-8-9-11(2)15-14(10)20(3)17(22-15)19-16(21)12-6-4-5-7-13(12)18/h4-9H,1-3H3. The second-order valence-corrected chi connectivity index (χ2v) is 7.05. The van der Waals surface area contributed by atoms with Crippen LogP contribution >= 0.6 is 27.3 Å². The van der Waals surface area contributed by atoms with Crippen LogP contribution in [-0.4, -0.2) is 10.5 Å². The van der Waals surface area contributed by atoms with E-state index in [1.54, 1.807) is 17.4 Å². The third kappa shape index (κ3) is 2.55. The van der Waals surface area contributed by atoms with E-state index in [2.05, 4.69) is 46.9 Å². The molecule has 2 aromatic carbocycles. The predicted molar refractivity (Wildman–Crippen MR) is 94.3 cm³/mol. The van der Waals surface area contributed by atoms with E-state index in [0.717, 1.165) is 9.99 Å². The summed E-state index contributed by atoms with van der Waals surface area (Å²) in [5, 5.41) is 0. The first-order valence-corrected chi connectivity index (χ1v) is 8.49. The highest BCUT2D eigenvalue weighted by Gasteiger charge is 2.11. The largest absolute Gasteiger partial charge is 0.319 e. The first-order chi connectivity index (χ1) is 10.5. The van der Waals surface area contributed by atoms with Crippen molar-refractivity contribution in [1.82, 2.24) is 4.57 Å². The van der Waals surface area contributed by atoms with Gasteiger partial charge in [-0.25, -0.2) is 0 Å². The first kappa shape index (κ1) is 15.2. The molecular weight excluding hydrogens is 360 g/mol. The van der Waals surface area contributed by atoms with Gasteiger partial charge < -0.3 is 4.57 Å². The molecule has 3 rings (SSSR count). The summed E-state index contributed by atoms with van der Waals surface area (Å²) in [7, 11) is 1.96. The van der Waals surface area contributed by atoms with Crippen LogP contribution in [0.15, 0.2) is 45.9 Å². The molecule has 112 valence electrons. The van der Waals surface area contributed by atoms with E-state index in [1.807, 2.05) is 29.8 Å². The molecule has 0 atom stereocenters. The van der Waals surface area contributed by atoms with E-state index < -0.39 is 0 Å². The predicted octanol–water partition coefficient (Wildman–Crippen LogP) is 4.36. The van der Waals surface area contributed by atoms with E-state index in [0.29, 0.717) is 10.4 Å². The minimum absolute atomic E-state index is 0.232. The molecule has 0 unspecified atom stereocenters. The number of halogens is 1. The van der Waals surface area contributed by atoms with Crippen molar-refractivity contribution in [2.75, 3.05) is 0 Å². The van der Waals surface area contributed by atoms with E-state index in [-0.39, 0.29) is 5.91 Å². The van der Waals surface area contributed by atoms with Crippen molar-refractivity contribution >= 4 is 43.4 Å². The number of hydrogen-bond donors (Lipinski definition) is 0. The zero-order valence-electron chi connectivity index (χ0n) is 12.6. The van der Waals surface area contributed by atoms with Crippen molar-refractivity contribution in [1.29, 1.82) is 0 Å². The smallest absolute Gasteiger partial charge is 0.280 e. The van der Waals surface area contributed by atoms with Crippen molar-refractivity contribution in [3.63, 3.8) is 0 Å². The van der Waals surface area contributed by atoms with E-state index >= 15 is 0 Å². The highest BCUT2D eigenvalue weighted by atomic mass is 79.9. The minimum atomic E-state index is -0.232. The second-order valence-electron chi connectivity index (χ2n) is 5.22. The number of rotatable bonds is 1. The molecule has 1 aromatic heterocycles. The number of carbonyl (C=O) groups is 1. The Kier molecular flexibility index (Phi) is 4.02. The van der Waals surface area contributed by atoms with Gasteiger partial charge >= 0.3 is 0 Å². The molecule has 0 N–H and O–H groups in total. The Balaban J connectivity index is 2.21. The summed E-state index contributed by atoms with van der Waals surface area (Å²) in [6, 6.07) is 11.6. The fourth-order valence-corrected chi connectivity index (χ4v) is 4.07. The van der Waals surface area contributed by atoms with Crippen LogP contribution < -0.4 is 4.80 Å². The van der Waals surface area contributed by atoms with Gasteiger partial charge in [0.25, 0.3) is 5.91 Å². The Hall–Kier alpha value is -1.72. The summed E-state index contributed by atoms with van der Waals surface area (Å²) in [4.78, 5) is 17.5. The summed E-state index contributed by atoms with van der Waals surface area (Å²) in [6.07, 6.45) is 0. The minimum Gasteiger partial charge on any atom is -0.319 e. The molecule has 1 amide bonds. The number of carbonyl (C=O) groups excluding carboxylic acids is 1. The molecule has 3 aromatic rings. The van der Waals surface area contributed by atoms with E-state index in [1.165, 1.54) is 15.8 Å². The first-order valence-electron chi connectivity index (χ1n) is 6.88. The number of thiazole rings is 1. The van der Waals surface area contributed by atoms with Gasteiger partial charge in [0.05, 0.1) is 15.8 Å². The summed E-state index contributed by atoms with van der Waals surface area (Å²) in [6.45, 7) is 4.16. The fourth-order valence-electron chi connectivity index (χ4n) is 2.45. The molecule has 0 spiro atoms. The molecule has 0 fully saturated rings. The van der Waals surface area contributed by atoms with Gasteiger partial charge in [0.15, 0.2) is 4.80 Å².